The number of hydrogen-bond donors (Lipinski definition) is 0. The topological polar surface area (TPSA) is 76.2 Å². The van der Waals surface area contributed by atoms with Gasteiger partial charge in [0, 0.05) is 33.2 Å². The second kappa shape index (κ2) is 9.38. The lowest BCUT2D eigenvalue weighted by molar-refractivity contribution is -0.130. The van der Waals surface area contributed by atoms with E-state index in [1.165, 1.54) is 4.31 Å². The van der Waals surface area contributed by atoms with Crippen LogP contribution in [0.15, 0.2) is 59.5 Å². The Bertz CT molecular complexity index is 1010. The van der Waals surface area contributed by atoms with Crippen LogP contribution >= 0.6 is 0 Å². The van der Waals surface area contributed by atoms with E-state index in [4.69, 9.17) is 9.47 Å². The highest BCUT2D eigenvalue weighted by molar-refractivity contribution is 7.89. The van der Waals surface area contributed by atoms with Crippen LogP contribution in [-0.2, 0) is 26.0 Å². The van der Waals surface area contributed by atoms with E-state index in [2.05, 4.69) is 0 Å². The molecule has 1 fully saturated rings. The van der Waals surface area contributed by atoms with Gasteiger partial charge in [-0.1, -0.05) is 42.5 Å². The van der Waals surface area contributed by atoms with Crippen molar-refractivity contribution < 1.29 is 22.7 Å². The summed E-state index contributed by atoms with van der Waals surface area (Å²) in [4.78, 5) is 14.9. The predicted octanol–water partition coefficient (Wildman–Crippen LogP) is 2.32. The van der Waals surface area contributed by atoms with E-state index in [1.54, 1.807) is 31.4 Å². The molecule has 4 rings (SSSR count). The van der Waals surface area contributed by atoms with Crippen LogP contribution in [0.2, 0.25) is 0 Å². The van der Waals surface area contributed by atoms with Gasteiger partial charge in [0.2, 0.25) is 15.9 Å². The molecular formula is C23H28N2O5S. The standard InChI is InChI=1S/C23H28N2O5S/c1-29-16-15-25-19-11-13-24(23(26)17-18-7-3-2-4-8-18)14-12-20(19)30-21-9-5-6-10-22(21)31(25,27)28/h2-10,19-20H,11-17H2,1H3/t19-,20-/m0/s1. The molecule has 2 aliphatic heterocycles. The van der Waals surface area contributed by atoms with Crippen molar-refractivity contribution in [2.75, 3.05) is 33.4 Å². The van der Waals surface area contributed by atoms with Crippen LogP contribution in [-0.4, -0.2) is 69.0 Å². The molecule has 8 heteroatoms. The summed E-state index contributed by atoms with van der Waals surface area (Å²) >= 11 is 0. The van der Waals surface area contributed by atoms with Crippen LogP contribution in [0.1, 0.15) is 18.4 Å². The average Bonchev–Trinajstić information content (AvgIpc) is 3.02. The lowest BCUT2D eigenvalue weighted by Crippen LogP contribution is -2.48. The van der Waals surface area contributed by atoms with Gasteiger partial charge in [-0.3, -0.25) is 4.79 Å². The number of benzene rings is 2. The van der Waals surface area contributed by atoms with Gasteiger partial charge in [0.15, 0.2) is 0 Å². The number of fused-ring (bicyclic) bond motifs is 2. The summed E-state index contributed by atoms with van der Waals surface area (Å²) < 4.78 is 39.9. The van der Waals surface area contributed by atoms with Crippen molar-refractivity contribution in [3.05, 3.63) is 60.2 Å². The van der Waals surface area contributed by atoms with E-state index in [1.807, 2.05) is 35.2 Å². The van der Waals surface area contributed by atoms with Crippen molar-refractivity contribution in [2.45, 2.75) is 36.3 Å². The number of methoxy groups -OCH3 is 1. The lowest BCUT2D eigenvalue weighted by atomic mass is 10.1. The first-order valence-corrected chi connectivity index (χ1v) is 12.0. The zero-order valence-corrected chi connectivity index (χ0v) is 18.5. The molecule has 2 atom stereocenters. The van der Waals surface area contributed by atoms with Crippen LogP contribution in [0, 0.1) is 0 Å². The molecule has 1 amide bonds. The Hall–Kier alpha value is -2.42. The fourth-order valence-electron chi connectivity index (χ4n) is 4.36. The first-order valence-electron chi connectivity index (χ1n) is 10.6. The first kappa shape index (κ1) is 21.8. The van der Waals surface area contributed by atoms with Gasteiger partial charge in [-0.25, -0.2) is 8.42 Å². The molecule has 0 saturated carbocycles. The molecule has 0 unspecified atom stereocenters. The summed E-state index contributed by atoms with van der Waals surface area (Å²) in [6, 6.07) is 16.1. The summed E-state index contributed by atoms with van der Waals surface area (Å²) in [7, 11) is -2.18. The fraction of sp³-hybridized carbons (Fsp3) is 0.435. The van der Waals surface area contributed by atoms with Gasteiger partial charge < -0.3 is 14.4 Å². The van der Waals surface area contributed by atoms with Crippen molar-refractivity contribution in [1.82, 2.24) is 9.21 Å². The average molecular weight is 445 g/mol. The van der Waals surface area contributed by atoms with E-state index in [0.29, 0.717) is 44.7 Å². The molecule has 2 aliphatic rings. The third-order valence-corrected chi connectivity index (χ3v) is 7.92. The number of rotatable bonds is 5. The Balaban J connectivity index is 1.58. The summed E-state index contributed by atoms with van der Waals surface area (Å²) in [5.74, 6) is 0.427. The molecule has 7 nitrogen and oxygen atoms in total. The number of carbonyl (C=O) groups is 1. The predicted molar refractivity (Wildman–Crippen MR) is 116 cm³/mol. The van der Waals surface area contributed by atoms with Crippen molar-refractivity contribution in [2.24, 2.45) is 0 Å². The van der Waals surface area contributed by atoms with Crippen LogP contribution < -0.4 is 4.74 Å². The molecule has 31 heavy (non-hydrogen) atoms. The number of nitrogens with zero attached hydrogens (tertiary/aromatic N) is 2. The second-order valence-electron chi connectivity index (χ2n) is 7.90. The van der Waals surface area contributed by atoms with Gasteiger partial charge in [-0.2, -0.15) is 4.31 Å². The highest BCUT2D eigenvalue weighted by Crippen LogP contribution is 2.36. The Morgan fingerprint density at radius 1 is 1.06 bits per heavy atom. The van der Waals surface area contributed by atoms with Crippen LogP contribution in [0.3, 0.4) is 0 Å². The Kier molecular flexibility index (Phi) is 6.60. The number of ether oxygens (including phenoxy) is 2. The normalized spacial score (nSPS) is 23.1. The smallest absolute Gasteiger partial charge is 0.247 e. The first-order chi connectivity index (χ1) is 15.0. The Labute approximate surface area is 183 Å². The van der Waals surface area contributed by atoms with Crippen LogP contribution in [0.4, 0.5) is 0 Å². The summed E-state index contributed by atoms with van der Waals surface area (Å²) in [5.41, 5.74) is 0.973. The maximum Gasteiger partial charge on any atom is 0.247 e. The van der Waals surface area contributed by atoms with E-state index in [-0.39, 0.29) is 29.5 Å². The zero-order valence-electron chi connectivity index (χ0n) is 17.6. The minimum absolute atomic E-state index is 0.0503. The summed E-state index contributed by atoms with van der Waals surface area (Å²) in [5, 5.41) is 0. The quantitative estimate of drug-likeness (QED) is 0.708. The molecule has 0 aliphatic carbocycles. The molecular weight excluding hydrogens is 416 g/mol. The molecule has 0 spiro atoms. The zero-order chi connectivity index (χ0) is 21.8. The largest absolute Gasteiger partial charge is 0.487 e. The minimum atomic E-state index is -3.74. The number of likely N-dealkylation sites (tertiary alicyclic amines) is 1. The molecule has 0 bridgehead atoms. The molecule has 0 radical (unpaired) electrons. The van der Waals surface area contributed by atoms with E-state index in [0.717, 1.165) is 5.56 Å². The maximum absolute atomic E-state index is 13.5. The molecule has 0 aromatic heterocycles. The van der Waals surface area contributed by atoms with E-state index in [9.17, 15) is 13.2 Å². The fourth-order valence-corrected chi connectivity index (χ4v) is 6.14. The van der Waals surface area contributed by atoms with E-state index < -0.39 is 10.0 Å². The van der Waals surface area contributed by atoms with Gasteiger partial charge in [-0.05, 0) is 24.1 Å². The molecule has 1 saturated heterocycles. The Morgan fingerprint density at radius 2 is 1.77 bits per heavy atom. The van der Waals surface area contributed by atoms with Crippen molar-refractivity contribution in [1.29, 1.82) is 0 Å². The van der Waals surface area contributed by atoms with Crippen LogP contribution in [0.5, 0.6) is 5.75 Å². The number of para-hydroxylation sites is 1. The minimum Gasteiger partial charge on any atom is -0.487 e. The number of sulfonamides is 1. The molecule has 166 valence electrons. The van der Waals surface area contributed by atoms with Gasteiger partial charge >= 0.3 is 0 Å². The van der Waals surface area contributed by atoms with Crippen LogP contribution in [0.25, 0.3) is 0 Å². The third-order valence-electron chi connectivity index (χ3n) is 5.96. The third kappa shape index (κ3) is 4.61. The summed E-state index contributed by atoms with van der Waals surface area (Å²) in [6.45, 7) is 1.57. The van der Waals surface area contributed by atoms with Gasteiger partial charge in [0.25, 0.3) is 0 Å². The SMILES string of the molecule is COCCN1[C@H]2CCN(C(=O)Cc3ccccc3)CC[C@@H]2Oc2ccccc2S1(=O)=O. The van der Waals surface area contributed by atoms with Gasteiger partial charge in [0.1, 0.15) is 16.7 Å². The second-order valence-corrected chi connectivity index (χ2v) is 9.76. The molecule has 0 N–H and O–H groups in total. The molecule has 2 aromatic rings. The monoisotopic (exact) mass is 444 g/mol. The van der Waals surface area contributed by atoms with Gasteiger partial charge in [0.05, 0.1) is 19.1 Å². The molecule has 2 aromatic carbocycles. The van der Waals surface area contributed by atoms with E-state index >= 15 is 0 Å². The van der Waals surface area contributed by atoms with Gasteiger partial charge in [-0.15, -0.1) is 0 Å². The summed E-state index contributed by atoms with van der Waals surface area (Å²) in [6.07, 6.45) is 1.09. The lowest BCUT2D eigenvalue weighted by Gasteiger charge is -2.31. The Morgan fingerprint density at radius 3 is 2.55 bits per heavy atom. The maximum atomic E-state index is 13.5. The number of amides is 1. The number of carbonyl (C=O) groups excluding carboxylic acids is 1. The van der Waals surface area contributed by atoms with Crippen molar-refractivity contribution in [3.63, 3.8) is 0 Å². The molecule has 2 heterocycles. The number of hydrogen-bond acceptors (Lipinski definition) is 5. The highest BCUT2D eigenvalue weighted by atomic mass is 32.2. The van der Waals surface area contributed by atoms with Crippen molar-refractivity contribution >= 4 is 15.9 Å². The highest BCUT2D eigenvalue weighted by Gasteiger charge is 2.43. The van der Waals surface area contributed by atoms with Crippen molar-refractivity contribution in [3.8, 4) is 5.75 Å².